The van der Waals surface area contributed by atoms with Crippen LogP contribution in [0.4, 0.5) is 0 Å². The van der Waals surface area contributed by atoms with E-state index in [0.29, 0.717) is 0 Å². The van der Waals surface area contributed by atoms with E-state index in [9.17, 15) is 0 Å². The quantitative estimate of drug-likeness (QED) is 0.619. The number of hydrogen-bond acceptors (Lipinski definition) is 5. The standard InChI is InChI=1S/C11H17N3OS2/c1-12-8-9-10(16-6-3-5-15-2)13-11-14(9)4-7-17-11/h4,7,12H,3,5-6,8H2,1-2H3. The molecule has 94 valence electrons. The lowest BCUT2D eigenvalue weighted by atomic mass is 10.5. The molecule has 6 heteroatoms. The highest BCUT2D eigenvalue weighted by Gasteiger charge is 2.12. The van der Waals surface area contributed by atoms with Gasteiger partial charge in [0, 0.05) is 37.6 Å². The van der Waals surface area contributed by atoms with Gasteiger partial charge >= 0.3 is 0 Å². The second kappa shape index (κ2) is 6.39. The molecule has 1 N–H and O–H groups in total. The van der Waals surface area contributed by atoms with E-state index in [2.05, 4.69) is 26.3 Å². The average Bonchev–Trinajstić information content (AvgIpc) is 2.88. The highest BCUT2D eigenvalue weighted by Crippen LogP contribution is 2.26. The van der Waals surface area contributed by atoms with Gasteiger partial charge in [-0.15, -0.1) is 23.1 Å². The molecule has 2 aromatic rings. The summed E-state index contributed by atoms with van der Waals surface area (Å²) in [5.74, 6) is 1.05. The van der Waals surface area contributed by atoms with Crippen molar-refractivity contribution in [3.8, 4) is 0 Å². The van der Waals surface area contributed by atoms with Crippen molar-refractivity contribution in [1.29, 1.82) is 0 Å². The molecule has 0 atom stereocenters. The van der Waals surface area contributed by atoms with Crippen molar-refractivity contribution in [1.82, 2.24) is 14.7 Å². The van der Waals surface area contributed by atoms with Crippen molar-refractivity contribution in [3.63, 3.8) is 0 Å². The molecule has 0 aromatic carbocycles. The van der Waals surface area contributed by atoms with Crippen molar-refractivity contribution < 1.29 is 4.74 Å². The molecule has 0 fully saturated rings. The number of fused-ring (bicyclic) bond motifs is 1. The maximum Gasteiger partial charge on any atom is 0.194 e. The molecule has 0 spiro atoms. The van der Waals surface area contributed by atoms with Crippen LogP contribution in [-0.4, -0.2) is 35.9 Å². The van der Waals surface area contributed by atoms with Crippen LogP contribution < -0.4 is 5.32 Å². The van der Waals surface area contributed by atoms with Crippen LogP contribution in [0.25, 0.3) is 4.96 Å². The Morgan fingerprint density at radius 1 is 1.59 bits per heavy atom. The Kier molecular flexibility index (Phi) is 4.85. The number of imidazole rings is 1. The summed E-state index contributed by atoms with van der Waals surface area (Å²) in [6, 6.07) is 0. The van der Waals surface area contributed by atoms with Crippen LogP contribution in [0.3, 0.4) is 0 Å². The largest absolute Gasteiger partial charge is 0.385 e. The molecule has 2 aromatic heterocycles. The van der Waals surface area contributed by atoms with Crippen molar-refractivity contribution in [2.24, 2.45) is 0 Å². The summed E-state index contributed by atoms with van der Waals surface area (Å²) >= 11 is 3.49. The van der Waals surface area contributed by atoms with Crippen LogP contribution in [0.15, 0.2) is 16.6 Å². The van der Waals surface area contributed by atoms with Crippen molar-refractivity contribution >= 4 is 28.1 Å². The third-order valence-electron chi connectivity index (χ3n) is 2.40. The maximum absolute atomic E-state index is 5.05. The minimum absolute atomic E-state index is 0.816. The van der Waals surface area contributed by atoms with Crippen molar-refractivity contribution in [2.75, 3.05) is 26.5 Å². The number of hydrogen-bond donors (Lipinski definition) is 1. The first-order chi connectivity index (χ1) is 8.36. The fraction of sp³-hybridized carbons (Fsp3) is 0.545. The predicted octanol–water partition coefficient (Wildman–Crippen LogP) is 2.24. The number of aromatic nitrogens is 2. The van der Waals surface area contributed by atoms with Crippen LogP contribution in [0, 0.1) is 0 Å². The molecular weight excluding hydrogens is 254 g/mol. The Morgan fingerprint density at radius 2 is 2.47 bits per heavy atom. The third kappa shape index (κ3) is 3.01. The summed E-state index contributed by atoms with van der Waals surface area (Å²) < 4.78 is 7.22. The number of rotatable bonds is 7. The van der Waals surface area contributed by atoms with Gasteiger partial charge in [0.15, 0.2) is 4.96 Å². The van der Waals surface area contributed by atoms with E-state index >= 15 is 0 Å². The minimum Gasteiger partial charge on any atom is -0.385 e. The molecule has 2 rings (SSSR count). The maximum atomic E-state index is 5.05. The summed E-state index contributed by atoms with van der Waals surface area (Å²) in [6.07, 6.45) is 3.14. The molecule has 0 bridgehead atoms. The first kappa shape index (κ1) is 12.9. The number of thiazole rings is 1. The summed E-state index contributed by atoms with van der Waals surface area (Å²) in [5, 5.41) is 6.41. The predicted molar refractivity (Wildman–Crippen MR) is 73.0 cm³/mol. The number of methoxy groups -OCH3 is 1. The van der Waals surface area contributed by atoms with E-state index < -0.39 is 0 Å². The van der Waals surface area contributed by atoms with Crippen LogP contribution in [-0.2, 0) is 11.3 Å². The molecule has 0 aliphatic heterocycles. The lowest BCUT2D eigenvalue weighted by molar-refractivity contribution is 0.200. The number of thioether (sulfide) groups is 1. The Hall–Kier alpha value is -0.560. The summed E-state index contributed by atoms with van der Waals surface area (Å²) in [4.78, 5) is 5.73. The second-order valence-corrected chi connectivity index (χ2v) is 5.60. The molecule has 2 heterocycles. The smallest absolute Gasteiger partial charge is 0.194 e. The Morgan fingerprint density at radius 3 is 3.24 bits per heavy atom. The lowest BCUT2D eigenvalue weighted by Crippen LogP contribution is -2.08. The zero-order valence-electron chi connectivity index (χ0n) is 10.1. The summed E-state index contributed by atoms with van der Waals surface area (Å²) in [6.45, 7) is 1.67. The highest BCUT2D eigenvalue weighted by molar-refractivity contribution is 7.99. The van der Waals surface area contributed by atoms with Gasteiger partial charge in [0.05, 0.1) is 5.69 Å². The first-order valence-corrected chi connectivity index (χ1v) is 7.44. The zero-order valence-corrected chi connectivity index (χ0v) is 11.7. The topological polar surface area (TPSA) is 38.6 Å². The number of nitrogens with zero attached hydrogens (tertiary/aromatic N) is 2. The van der Waals surface area contributed by atoms with Gasteiger partial charge in [-0.3, -0.25) is 4.40 Å². The Balaban J connectivity index is 2.08. The Labute approximate surface area is 109 Å². The molecular formula is C11H17N3OS2. The molecule has 0 amide bonds. The minimum atomic E-state index is 0.816. The van der Waals surface area contributed by atoms with Gasteiger partial charge < -0.3 is 10.1 Å². The van der Waals surface area contributed by atoms with Gasteiger partial charge in [-0.25, -0.2) is 4.98 Å². The van der Waals surface area contributed by atoms with E-state index in [1.165, 1.54) is 5.69 Å². The molecule has 0 aliphatic carbocycles. The fourth-order valence-corrected chi connectivity index (χ4v) is 3.36. The van der Waals surface area contributed by atoms with E-state index in [0.717, 1.165) is 35.3 Å². The molecule has 0 saturated carbocycles. The lowest BCUT2D eigenvalue weighted by Gasteiger charge is -2.03. The molecule has 0 aliphatic rings. The highest BCUT2D eigenvalue weighted by atomic mass is 32.2. The van der Waals surface area contributed by atoms with E-state index in [1.54, 1.807) is 18.4 Å². The first-order valence-electron chi connectivity index (χ1n) is 5.57. The van der Waals surface area contributed by atoms with Gasteiger partial charge in [-0.2, -0.15) is 0 Å². The van der Waals surface area contributed by atoms with Crippen LogP contribution in [0.1, 0.15) is 12.1 Å². The van der Waals surface area contributed by atoms with E-state index in [-0.39, 0.29) is 0 Å². The van der Waals surface area contributed by atoms with E-state index in [4.69, 9.17) is 4.74 Å². The van der Waals surface area contributed by atoms with Crippen LogP contribution in [0.2, 0.25) is 0 Å². The second-order valence-electron chi connectivity index (χ2n) is 3.64. The number of nitrogens with one attached hydrogen (secondary N) is 1. The Bertz CT molecular complexity index is 466. The normalized spacial score (nSPS) is 11.4. The van der Waals surface area contributed by atoms with Gasteiger partial charge in [0.25, 0.3) is 0 Å². The van der Waals surface area contributed by atoms with Crippen LogP contribution >= 0.6 is 23.1 Å². The van der Waals surface area contributed by atoms with E-state index in [1.807, 2.05) is 18.8 Å². The number of ether oxygens (including phenoxy) is 1. The molecule has 0 radical (unpaired) electrons. The summed E-state index contributed by atoms with van der Waals surface area (Å²) in [5.41, 5.74) is 1.26. The summed E-state index contributed by atoms with van der Waals surface area (Å²) in [7, 11) is 3.70. The molecule has 17 heavy (non-hydrogen) atoms. The third-order valence-corrected chi connectivity index (χ3v) is 4.25. The van der Waals surface area contributed by atoms with Crippen molar-refractivity contribution in [3.05, 3.63) is 17.3 Å². The van der Waals surface area contributed by atoms with Crippen LogP contribution in [0.5, 0.6) is 0 Å². The fourth-order valence-electron chi connectivity index (χ4n) is 1.63. The molecule has 0 saturated heterocycles. The molecule has 0 unspecified atom stereocenters. The van der Waals surface area contributed by atoms with Gasteiger partial charge in [0.1, 0.15) is 5.03 Å². The monoisotopic (exact) mass is 271 g/mol. The SMILES string of the molecule is CNCc1c(SCCCOC)nc2sccn12. The average molecular weight is 271 g/mol. The van der Waals surface area contributed by atoms with Gasteiger partial charge in [0.2, 0.25) is 0 Å². The van der Waals surface area contributed by atoms with Gasteiger partial charge in [-0.05, 0) is 13.5 Å². The van der Waals surface area contributed by atoms with Crippen molar-refractivity contribution in [2.45, 2.75) is 18.0 Å². The zero-order chi connectivity index (χ0) is 12.1. The molecule has 4 nitrogen and oxygen atoms in total. The van der Waals surface area contributed by atoms with Gasteiger partial charge in [-0.1, -0.05) is 0 Å².